The van der Waals surface area contributed by atoms with E-state index in [1.54, 1.807) is 0 Å². The fourth-order valence-corrected chi connectivity index (χ4v) is 2.47. The van der Waals surface area contributed by atoms with Gasteiger partial charge < -0.3 is 0 Å². The molecular weight excluding hydrogens is 156 g/mol. The molecule has 0 nitrogen and oxygen atoms in total. The molecule has 0 spiro atoms. The summed E-state index contributed by atoms with van der Waals surface area (Å²) in [6.07, 6.45) is 10.5. The van der Waals surface area contributed by atoms with Crippen LogP contribution in [0.15, 0.2) is 0 Å². The van der Waals surface area contributed by atoms with Crippen LogP contribution < -0.4 is 0 Å². The normalized spacial score (nSPS) is 33.0. The van der Waals surface area contributed by atoms with Crippen LogP contribution in [0.2, 0.25) is 0 Å². The zero-order valence-electron chi connectivity index (χ0n) is 9.53. The Labute approximate surface area is 83.1 Å². The maximum atomic E-state index is 2.45. The first-order valence-electron chi connectivity index (χ1n) is 6.02. The number of unbranched alkanes of at least 4 members (excludes halogenated alkanes) is 1. The van der Waals surface area contributed by atoms with E-state index in [1.165, 1.54) is 44.9 Å². The molecule has 0 aromatic heterocycles. The summed E-state index contributed by atoms with van der Waals surface area (Å²) in [5.41, 5.74) is 1.50. The molecule has 0 heterocycles. The molecule has 0 aliphatic heterocycles. The summed E-state index contributed by atoms with van der Waals surface area (Å²) in [6, 6.07) is 0. The van der Waals surface area contributed by atoms with Gasteiger partial charge in [0.05, 0.1) is 0 Å². The third-order valence-corrected chi connectivity index (χ3v) is 4.40. The third-order valence-electron chi connectivity index (χ3n) is 4.40. The Balaban J connectivity index is 1.51. The lowest BCUT2D eigenvalue weighted by atomic mass is 9.98. The second-order valence-electron chi connectivity index (χ2n) is 6.45. The van der Waals surface area contributed by atoms with E-state index in [-0.39, 0.29) is 0 Å². The summed E-state index contributed by atoms with van der Waals surface area (Å²) in [5, 5.41) is 0. The van der Waals surface area contributed by atoms with Gasteiger partial charge in [-0.1, -0.05) is 33.6 Å². The van der Waals surface area contributed by atoms with Gasteiger partial charge in [0.1, 0.15) is 0 Å². The van der Waals surface area contributed by atoms with Gasteiger partial charge in [-0.2, -0.15) is 0 Å². The van der Waals surface area contributed by atoms with Gasteiger partial charge in [0.25, 0.3) is 0 Å². The van der Waals surface area contributed by atoms with Crippen LogP contribution in [0, 0.1) is 16.7 Å². The largest absolute Gasteiger partial charge is 0.0596 e. The van der Waals surface area contributed by atoms with Crippen molar-refractivity contribution in [2.75, 3.05) is 0 Å². The van der Waals surface area contributed by atoms with Crippen molar-refractivity contribution in [2.45, 2.75) is 65.7 Å². The Morgan fingerprint density at radius 3 is 2.15 bits per heavy atom. The van der Waals surface area contributed by atoms with Crippen LogP contribution in [0.3, 0.4) is 0 Å². The average molecular weight is 180 g/mol. The molecule has 0 N–H and O–H groups in total. The van der Waals surface area contributed by atoms with Gasteiger partial charge in [-0.25, -0.2) is 0 Å². The van der Waals surface area contributed by atoms with E-state index in [1.807, 2.05) is 0 Å². The molecule has 2 saturated carbocycles. The summed E-state index contributed by atoms with van der Waals surface area (Å²) >= 11 is 0. The molecule has 2 aliphatic carbocycles. The van der Waals surface area contributed by atoms with Crippen LogP contribution in [-0.2, 0) is 0 Å². The van der Waals surface area contributed by atoms with Crippen molar-refractivity contribution in [3.05, 3.63) is 0 Å². The molecule has 0 amide bonds. The van der Waals surface area contributed by atoms with Crippen LogP contribution in [0.5, 0.6) is 0 Å². The van der Waals surface area contributed by atoms with E-state index >= 15 is 0 Å². The van der Waals surface area contributed by atoms with Gasteiger partial charge in [-0.15, -0.1) is 0 Å². The molecule has 0 aromatic rings. The summed E-state index contributed by atoms with van der Waals surface area (Å²) in [4.78, 5) is 0. The fraction of sp³-hybridized carbons (Fsp3) is 1.00. The second-order valence-corrected chi connectivity index (χ2v) is 6.45. The van der Waals surface area contributed by atoms with Gasteiger partial charge >= 0.3 is 0 Å². The molecule has 2 fully saturated rings. The fourth-order valence-electron chi connectivity index (χ4n) is 2.47. The predicted molar refractivity (Wildman–Crippen MR) is 57.7 cm³/mol. The highest BCUT2D eigenvalue weighted by molar-refractivity contribution is 4.95. The first-order valence-corrected chi connectivity index (χ1v) is 6.02. The number of hydrogen-bond acceptors (Lipinski definition) is 0. The van der Waals surface area contributed by atoms with E-state index in [0.717, 1.165) is 11.3 Å². The predicted octanol–water partition coefficient (Wildman–Crippen LogP) is 4.39. The minimum atomic E-state index is 0.712. The molecule has 0 bridgehead atoms. The number of hydrogen-bond donors (Lipinski definition) is 0. The molecule has 1 atom stereocenters. The standard InChI is InChI=1S/C13H24/c1-12(2)10-11(12)6-4-5-7-13(3)8-9-13/h11H,4-10H2,1-3H3. The lowest BCUT2D eigenvalue weighted by molar-refractivity contribution is 0.449. The maximum Gasteiger partial charge on any atom is -0.0323 e. The quantitative estimate of drug-likeness (QED) is 0.550. The van der Waals surface area contributed by atoms with Crippen molar-refractivity contribution in [1.29, 1.82) is 0 Å². The van der Waals surface area contributed by atoms with Crippen molar-refractivity contribution in [1.82, 2.24) is 0 Å². The van der Waals surface area contributed by atoms with Gasteiger partial charge in [0, 0.05) is 0 Å². The highest BCUT2D eigenvalue weighted by atomic mass is 14.5. The van der Waals surface area contributed by atoms with Gasteiger partial charge in [-0.3, -0.25) is 0 Å². The van der Waals surface area contributed by atoms with Gasteiger partial charge in [-0.05, 0) is 48.9 Å². The Morgan fingerprint density at radius 2 is 1.69 bits per heavy atom. The van der Waals surface area contributed by atoms with Crippen LogP contribution in [0.1, 0.15) is 65.7 Å². The van der Waals surface area contributed by atoms with Crippen molar-refractivity contribution >= 4 is 0 Å². The van der Waals surface area contributed by atoms with E-state index in [2.05, 4.69) is 20.8 Å². The van der Waals surface area contributed by atoms with Crippen molar-refractivity contribution in [3.8, 4) is 0 Å². The summed E-state index contributed by atoms with van der Waals surface area (Å²) in [6.45, 7) is 7.29. The molecule has 0 radical (unpaired) electrons. The Hall–Kier alpha value is 0. The third kappa shape index (κ3) is 2.48. The first-order chi connectivity index (χ1) is 6.02. The smallest absolute Gasteiger partial charge is 0.0323 e. The molecule has 0 aromatic carbocycles. The molecule has 2 rings (SSSR count). The summed E-state index contributed by atoms with van der Waals surface area (Å²) < 4.78 is 0. The lowest BCUT2D eigenvalue weighted by Crippen LogP contribution is -1.94. The molecule has 13 heavy (non-hydrogen) atoms. The molecule has 0 saturated heterocycles. The Morgan fingerprint density at radius 1 is 1.08 bits per heavy atom. The SMILES string of the molecule is CC1(CCCCC2CC2(C)C)CC1. The summed E-state index contributed by atoms with van der Waals surface area (Å²) in [7, 11) is 0. The van der Waals surface area contributed by atoms with Crippen LogP contribution in [0.25, 0.3) is 0 Å². The molecular formula is C13H24. The minimum Gasteiger partial charge on any atom is -0.0596 e. The second kappa shape index (κ2) is 3.00. The van der Waals surface area contributed by atoms with Crippen LogP contribution in [0.4, 0.5) is 0 Å². The Bertz CT molecular complexity index is 186. The van der Waals surface area contributed by atoms with E-state index in [4.69, 9.17) is 0 Å². The highest BCUT2D eigenvalue weighted by Gasteiger charge is 2.44. The minimum absolute atomic E-state index is 0.712. The van der Waals surface area contributed by atoms with E-state index in [9.17, 15) is 0 Å². The monoisotopic (exact) mass is 180 g/mol. The van der Waals surface area contributed by atoms with E-state index in [0.29, 0.717) is 5.41 Å². The topological polar surface area (TPSA) is 0 Å². The van der Waals surface area contributed by atoms with Gasteiger partial charge in [0.15, 0.2) is 0 Å². The van der Waals surface area contributed by atoms with E-state index < -0.39 is 0 Å². The highest BCUT2D eigenvalue weighted by Crippen LogP contribution is 2.55. The zero-order chi connectivity index (χ0) is 9.53. The van der Waals surface area contributed by atoms with Crippen molar-refractivity contribution < 1.29 is 0 Å². The number of rotatable bonds is 5. The zero-order valence-corrected chi connectivity index (χ0v) is 9.53. The Kier molecular flexibility index (Phi) is 2.20. The molecule has 0 heteroatoms. The van der Waals surface area contributed by atoms with Crippen molar-refractivity contribution in [3.63, 3.8) is 0 Å². The van der Waals surface area contributed by atoms with Crippen molar-refractivity contribution in [2.24, 2.45) is 16.7 Å². The molecule has 1 unspecified atom stereocenters. The van der Waals surface area contributed by atoms with Gasteiger partial charge in [0.2, 0.25) is 0 Å². The van der Waals surface area contributed by atoms with Crippen LogP contribution in [-0.4, -0.2) is 0 Å². The van der Waals surface area contributed by atoms with Crippen LogP contribution >= 0.6 is 0 Å². The average Bonchev–Trinajstić information content (AvgIpc) is 2.88. The maximum absolute atomic E-state index is 2.45. The molecule has 2 aliphatic rings. The summed E-state index contributed by atoms with van der Waals surface area (Å²) in [5.74, 6) is 1.07. The first kappa shape index (κ1) is 9.55. The lowest BCUT2D eigenvalue weighted by Gasteiger charge is -2.07. The molecule has 76 valence electrons.